The van der Waals surface area contributed by atoms with Crippen LogP contribution in [-0.2, 0) is 0 Å². The van der Waals surface area contributed by atoms with Gasteiger partial charge in [0.25, 0.3) is 0 Å². The Morgan fingerprint density at radius 3 is 2.52 bits per heavy atom. The smallest absolute Gasteiger partial charge is 0.119 e. The largest absolute Gasteiger partial charge is 0.491 e. The maximum absolute atomic E-state index is 11.0. The number of nitrogens with zero attached hydrogens (tertiary/aromatic N) is 2. The standard InChI is InChI=1S/C23H24N2O2/c26-23(15-25-13-11-19(23)12-14-25)16-27-20-8-5-18(6-9-20)22-10-7-17-3-1-2-4-21(17)24-22/h1-10,19,26H,11-16H2. The zero-order valence-corrected chi connectivity index (χ0v) is 15.3. The highest BCUT2D eigenvalue weighted by Gasteiger charge is 2.45. The second-order valence-electron chi connectivity index (χ2n) is 7.86. The molecule has 1 atom stereocenters. The predicted octanol–water partition coefficient (Wildman–Crippen LogP) is 3.74. The molecule has 6 rings (SSSR count). The minimum absolute atomic E-state index is 0.363. The predicted molar refractivity (Wildman–Crippen MR) is 107 cm³/mol. The second kappa shape index (κ2) is 6.63. The van der Waals surface area contributed by atoms with E-state index in [0.29, 0.717) is 12.5 Å². The number of hydrogen-bond donors (Lipinski definition) is 1. The quantitative estimate of drug-likeness (QED) is 0.770. The minimum Gasteiger partial charge on any atom is -0.491 e. The number of aliphatic hydroxyl groups is 1. The van der Waals surface area contributed by atoms with E-state index in [1.165, 1.54) is 0 Å². The van der Waals surface area contributed by atoms with E-state index in [-0.39, 0.29) is 0 Å². The van der Waals surface area contributed by atoms with Gasteiger partial charge in [-0.2, -0.15) is 0 Å². The molecule has 2 aromatic carbocycles. The summed E-state index contributed by atoms with van der Waals surface area (Å²) < 4.78 is 5.97. The van der Waals surface area contributed by atoms with Crippen molar-refractivity contribution in [1.29, 1.82) is 0 Å². The van der Waals surface area contributed by atoms with Crippen LogP contribution in [0.2, 0.25) is 0 Å². The number of hydrogen-bond acceptors (Lipinski definition) is 4. The third kappa shape index (κ3) is 3.20. The van der Waals surface area contributed by atoms with Crippen molar-refractivity contribution in [1.82, 2.24) is 9.88 Å². The average Bonchev–Trinajstić information content (AvgIpc) is 2.73. The molecule has 3 aliphatic heterocycles. The lowest BCUT2D eigenvalue weighted by molar-refractivity contribution is -0.131. The van der Waals surface area contributed by atoms with Gasteiger partial charge in [0, 0.05) is 17.5 Å². The number of aromatic nitrogens is 1. The molecule has 3 aliphatic rings. The van der Waals surface area contributed by atoms with Gasteiger partial charge in [0.15, 0.2) is 0 Å². The molecular weight excluding hydrogens is 336 g/mol. The van der Waals surface area contributed by atoms with Crippen molar-refractivity contribution in [2.45, 2.75) is 18.4 Å². The number of benzene rings is 2. The third-order valence-corrected chi connectivity index (χ3v) is 6.08. The van der Waals surface area contributed by atoms with E-state index in [1.807, 2.05) is 48.5 Å². The molecule has 1 aromatic heterocycles. The van der Waals surface area contributed by atoms with Crippen molar-refractivity contribution in [2.75, 3.05) is 26.2 Å². The van der Waals surface area contributed by atoms with Crippen LogP contribution in [0.15, 0.2) is 60.7 Å². The van der Waals surface area contributed by atoms with Gasteiger partial charge in [0.05, 0.1) is 11.2 Å². The SMILES string of the molecule is OC1(COc2ccc(-c3ccc4ccccc4n3)cc2)CN2CCC1CC2. The molecule has 27 heavy (non-hydrogen) atoms. The lowest BCUT2D eigenvalue weighted by atomic mass is 9.76. The van der Waals surface area contributed by atoms with Crippen molar-refractivity contribution in [3.05, 3.63) is 60.7 Å². The van der Waals surface area contributed by atoms with E-state index in [1.54, 1.807) is 0 Å². The van der Waals surface area contributed by atoms with E-state index in [9.17, 15) is 5.11 Å². The fourth-order valence-electron chi connectivity index (χ4n) is 4.47. The molecule has 0 saturated carbocycles. The Morgan fingerprint density at radius 2 is 1.78 bits per heavy atom. The zero-order valence-electron chi connectivity index (χ0n) is 15.3. The van der Waals surface area contributed by atoms with Gasteiger partial charge in [-0.3, -0.25) is 0 Å². The Balaban J connectivity index is 1.30. The third-order valence-electron chi connectivity index (χ3n) is 6.08. The van der Waals surface area contributed by atoms with Crippen LogP contribution in [0.4, 0.5) is 0 Å². The minimum atomic E-state index is -0.713. The summed E-state index contributed by atoms with van der Waals surface area (Å²) in [5.74, 6) is 1.16. The Morgan fingerprint density at radius 1 is 1.00 bits per heavy atom. The number of para-hydroxylation sites is 1. The van der Waals surface area contributed by atoms with Crippen LogP contribution >= 0.6 is 0 Å². The zero-order chi connectivity index (χ0) is 18.3. The molecule has 0 aliphatic carbocycles. The highest BCUT2D eigenvalue weighted by molar-refractivity contribution is 5.81. The summed E-state index contributed by atoms with van der Waals surface area (Å²) in [6, 6.07) is 20.3. The topological polar surface area (TPSA) is 45.6 Å². The highest BCUT2D eigenvalue weighted by atomic mass is 16.5. The van der Waals surface area contributed by atoms with Crippen molar-refractivity contribution >= 4 is 10.9 Å². The van der Waals surface area contributed by atoms with E-state index in [2.05, 4.69) is 17.0 Å². The Hall–Kier alpha value is -2.43. The summed E-state index contributed by atoms with van der Waals surface area (Å²) in [7, 11) is 0. The summed E-state index contributed by atoms with van der Waals surface area (Å²) >= 11 is 0. The van der Waals surface area contributed by atoms with Crippen molar-refractivity contribution in [3.8, 4) is 17.0 Å². The van der Waals surface area contributed by atoms with Gasteiger partial charge in [-0.15, -0.1) is 0 Å². The van der Waals surface area contributed by atoms with Crippen LogP contribution in [-0.4, -0.2) is 46.8 Å². The normalized spacial score (nSPS) is 27.0. The molecule has 138 valence electrons. The summed E-state index contributed by atoms with van der Waals surface area (Å²) in [5, 5.41) is 12.1. The van der Waals surface area contributed by atoms with Crippen LogP contribution in [0.25, 0.3) is 22.2 Å². The monoisotopic (exact) mass is 360 g/mol. The number of fused-ring (bicyclic) bond motifs is 4. The van der Waals surface area contributed by atoms with E-state index >= 15 is 0 Å². The van der Waals surface area contributed by atoms with Crippen LogP contribution < -0.4 is 4.74 Å². The van der Waals surface area contributed by atoms with E-state index in [4.69, 9.17) is 9.72 Å². The van der Waals surface area contributed by atoms with Gasteiger partial charge in [0.1, 0.15) is 18.0 Å². The molecule has 4 heterocycles. The second-order valence-corrected chi connectivity index (χ2v) is 7.86. The molecule has 0 radical (unpaired) electrons. The van der Waals surface area contributed by atoms with E-state index in [0.717, 1.165) is 60.4 Å². The molecule has 3 saturated heterocycles. The number of rotatable bonds is 4. The Labute approximate surface area is 159 Å². The molecule has 0 amide bonds. The van der Waals surface area contributed by atoms with Crippen LogP contribution in [0.1, 0.15) is 12.8 Å². The molecule has 3 aromatic rings. The highest BCUT2D eigenvalue weighted by Crippen LogP contribution is 2.36. The average molecular weight is 360 g/mol. The number of ether oxygens (including phenoxy) is 1. The number of pyridine rings is 1. The maximum Gasteiger partial charge on any atom is 0.119 e. The van der Waals surface area contributed by atoms with Gasteiger partial charge in [-0.25, -0.2) is 4.98 Å². The fourth-order valence-corrected chi connectivity index (χ4v) is 4.47. The van der Waals surface area contributed by atoms with Crippen LogP contribution in [0.5, 0.6) is 5.75 Å². The molecule has 1 N–H and O–H groups in total. The first-order valence-corrected chi connectivity index (χ1v) is 9.73. The molecule has 1 unspecified atom stereocenters. The van der Waals surface area contributed by atoms with Crippen LogP contribution in [0.3, 0.4) is 0 Å². The molecule has 0 spiro atoms. The van der Waals surface area contributed by atoms with Gasteiger partial charge >= 0.3 is 0 Å². The van der Waals surface area contributed by atoms with E-state index < -0.39 is 5.60 Å². The fraction of sp³-hybridized carbons (Fsp3) is 0.348. The van der Waals surface area contributed by atoms with Gasteiger partial charge in [0.2, 0.25) is 0 Å². The molecular formula is C23H24N2O2. The van der Waals surface area contributed by atoms with Crippen molar-refractivity contribution < 1.29 is 9.84 Å². The molecule has 4 nitrogen and oxygen atoms in total. The summed E-state index contributed by atoms with van der Waals surface area (Å²) in [6.45, 7) is 3.32. The van der Waals surface area contributed by atoms with Gasteiger partial charge in [-0.1, -0.05) is 24.3 Å². The lowest BCUT2D eigenvalue weighted by Gasteiger charge is -2.49. The van der Waals surface area contributed by atoms with Crippen LogP contribution in [0, 0.1) is 5.92 Å². The maximum atomic E-state index is 11.0. The summed E-state index contributed by atoms with van der Waals surface area (Å²) in [6.07, 6.45) is 2.15. The molecule has 3 fully saturated rings. The molecule has 4 heteroatoms. The first-order valence-electron chi connectivity index (χ1n) is 9.73. The van der Waals surface area contributed by atoms with Gasteiger partial charge < -0.3 is 14.7 Å². The van der Waals surface area contributed by atoms with Gasteiger partial charge in [-0.05, 0) is 68.2 Å². The first-order chi connectivity index (χ1) is 13.2. The summed E-state index contributed by atoms with van der Waals surface area (Å²) in [4.78, 5) is 7.09. The van der Waals surface area contributed by atoms with Crippen molar-refractivity contribution in [2.24, 2.45) is 5.92 Å². The van der Waals surface area contributed by atoms with Crippen molar-refractivity contribution in [3.63, 3.8) is 0 Å². The number of piperidine rings is 3. The first kappa shape index (κ1) is 16.7. The molecule has 2 bridgehead atoms. The Bertz CT molecular complexity index is 948. The Kier molecular flexibility index (Phi) is 4.10. The summed E-state index contributed by atoms with van der Waals surface area (Å²) in [5.41, 5.74) is 2.31. The lowest BCUT2D eigenvalue weighted by Crippen LogP contribution is -2.61.